The van der Waals surface area contributed by atoms with Crippen LogP contribution in [-0.2, 0) is 4.74 Å². The Hall–Kier alpha value is -3.67. The minimum Gasteiger partial charge on any atom is -0.465 e. The molecule has 1 amide bonds. The van der Waals surface area contributed by atoms with Crippen molar-refractivity contribution in [2.75, 3.05) is 17.7 Å². The Morgan fingerprint density at radius 2 is 1.52 bits per heavy atom. The number of nitrogens with zero attached hydrogens (tertiary/aromatic N) is 1. The number of rotatable bonds is 5. The Morgan fingerprint density at radius 3 is 2.07 bits per heavy atom. The Labute approximate surface area is 169 Å². The SMILES string of the molecule is COC(=O)c1ccc(Nc2ccc(C(=O)Nc3c(C)cc(C)cc3C)nc2)cc1. The number of hydrogen-bond donors (Lipinski definition) is 2. The molecule has 0 unspecified atom stereocenters. The topological polar surface area (TPSA) is 80.3 Å². The second-order valence-corrected chi connectivity index (χ2v) is 6.85. The Balaban J connectivity index is 1.68. The number of methoxy groups -OCH3 is 1. The van der Waals surface area contributed by atoms with Crippen molar-refractivity contribution in [3.8, 4) is 0 Å². The van der Waals surface area contributed by atoms with Gasteiger partial charge in [-0.25, -0.2) is 9.78 Å². The molecule has 1 heterocycles. The van der Waals surface area contributed by atoms with Gasteiger partial charge in [-0.2, -0.15) is 0 Å². The van der Waals surface area contributed by atoms with Crippen LogP contribution in [0.1, 0.15) is 37.5 Å². The zero-order valence-electron chi connectivity index (χ0n) is 16.9. The lowest BCUT2D eigenvalue weighted by molar-refractivity contribution is 0.0600. The zero-order valence-corrected chi connectivity index (χ0v) is 16.9. The Morgan fingerprint density at radius 1 is 0.897 bits per heavy atom. The highest BCUT2D eigenvalue weighted by atomic mass is 16.5. The molecule has 0 fully saturated rings. The van der Waals surface area contributed by atoms with E-state index in [9.17, 15) is 9.59 Å². The average molecular weight is 389 g/mol. The molecule has 0 saturated carbocycles. The molecule has 0 atom stereocenters. The summed E-state index contributed by atoms with van der Waals surface area (Å²) in [5, 5.41) is 6.13. The molecule has 3 rings (SSSR count). The van der Waals surface area contributed by atoms with Crippen molar-refractivity contribution in [3.63, 3.8) is 0 Å². The Bertz CT molecular complexity index is 1020. The smallest absolute Gasteiger partial charge is 0.337 e. The van der Waals surface area contributed by atoms with Crippen LogP contribution in [0.5, 0.6) is 0 Å². The van der Waals surface area contributed by atoms with E-state index >= 15 is 0 Å². The van der Waals surface area contributed by atoms with Gasteiger partial charge in [0.1, 0.15) is 5.69 Å². The number of nitrogens with one attached hydrogen (secondary N) is 2. The molecule has 29 heavy (non-hydrogen) atoms. The van der Waals surface area contributed by atoms with E-state index in [1.54, 1.807) is 42.6 Å². The largest absolute Gasteiger partial charge is 0.465 e. The van der Waals surface area contributed by atoms with E-state index in [1.807, 2.05) is 32.9 Å². The van der Waals surface area contributed by atoms with Crippen LogP contribution in [0.2, 0.25) is 0 Å². The van der Waals surface area contributed by atoms with Crippen LogP contribution in [0.15, 0.2) is 54.7 Å². The van der Waals surface area contributed by atoms with Gasteiger partial charge in [0.25, 0.3) is 5.91 Å². The maximum Gasteiger partial charge on any atom is 0.337 e. The normalized spacial score (nSPS) is 10.3. The zero-order chi connectivity index (χ0) is 21.0. The van der Waals surface area contributed by atoms with Gasteiger partial charge in [-0.3, -0.25) is 4.79 Å². The summed E-state index contributed by atoms with van der Waals surface area (Å²) in [4.78, 5) is 28.3. The van der Waals surface area contributed by atoms with Crippen molar-refractivity contribution in [1.82, 2.24) is 4.98 Å². The number of benzene rings is 2. The first-order chi connectivity index (χ1) is 13.9. The fourth-order valence-electron chi connectivity index (χ4n) is 3.13. The molecule has 1 aromatic heterocycles. The summed E-state index contributed by atoms with van der Waals surface area (Å²) < 4.78 is 4.69. The van der Waals surface area contributed by atoms with Crippen molar-refractivity contribution < 1.29 is 14.3 Å². The van der Waals surface area contributed by atoms with Crippen LogP contribution in [0.25, 0.3) is 0 Å². The molecule has 0 aliphatic rings. The first-order valence-corrected chi connectivity index (χ1v) is 9.18. The van der Waals surface area contributed by atoms with Crippen molar-refractivity contribution >= 4 is 28.9 Å². The van der Waals surface area contributed by atoms with Crippen LogP contribution in [-0.4, -0.2) is 24.0 Å². The van der Waals surface area contributed by atoms with E-state index in [2.05, 4.69) is 20.4 Å². The molecule has 148 valence electrons. The maximum absolute atomic E-state index is 12.6. The summed E-state index contributed by atoms with van der Waals surface area (Å²) in [6.07, 6.45) is 1.60. The highest BCUT2D eigenvalue weighted by molar-refractivity contribution is 6.03. The maximum atomic E-state index is 12.6. The van der Waals surface area contributed by atoms with Gasteiger partial charge in [-0.05, 0) is 68.3 Å². The van der Waals surface area contributed by atoms with Crippen LogP contribution in [0.4, 0.5) is 17.1 Å². The van der Waals surface area contributed by atoms with Crippen molar-refractivity contribution in [2.24, 2.45) is 0 Å². The molecule has 0 saturated heterocycles. The highest BCUT2D eigenvalue weighted by Crippen LogP contribution is 2.23. The molecule has 0 radical (unpaired) electrons. The summed E-state index contributed by atoms with van der Waals surface area (Å²) in [5.74, 6) is -0.637. The minimum atomic E-state index is -0.382. The predicted molar refractivity (Wildman–Crippen MR) is 114 cm³/mol. The molecule has 2 N–H and O–H groups in total. The predicted octanol–water partition coefficient (Wildman–Crippen LogP) is 4.79. The van der Waals surface area contributed by atoms with Gasteiger partial charge in [0.2, 0.25) is 0 Å². The number of esters is 1. The highest BCUT2D eigenvalue weighted by Gasteiger charge is 2.12. The van der Waals surface area contributed by atoms with Gasteiger partial charge >= 0.3 is 5.97 Å². The number of carbonyl (C=O) groups is 2. The second-order valence-electron chi connectivity index (χ2n) is 6.85. The standard InChI is InChI=1S/C23H23N3O3/c1-14-11-15(2)21(16(3)12-14)26-22(27)20-10-9-19(13-24-20)25-18-7-5-17(6-8-18)23(28)29-4/h5-13,25H,1-4H3,(H,26,27). The van der Waals surface area contributed by atoms with Gasteiger partial charge in [0.05, 0.1) is 24.6 Å². The molecular weight excluding hydrogens is 366 g/mol. The summed E-state index contributed by atoms with van der Waals surface area (Å²) >= 11 is 0. The number of anilines is 3. The molecule has 0 spiro atoms. The number of amides is 1. The van der Waals surface area contributed by atoms with Gasteiger partial charge in [0, 0.05) is 11.4 Å². The molecule has 3 aromatic rings. The molecule has 0 aliphatic heterocycles. The minimum absolute atomic E-state index is 0.256. The van der Waals surface area contributed by atoms with Crippen LogP contribution >= 0.6 is 0 Å². The number of hydrogen-bond acceptors (Lipinski definition) is 5. The molecule has 0 aliphatic carbocycles. The first kappa shape index (κ1) is 20.1. The number of ether oxygens (including phenoxy) is 1. The van der Waals surface area contributed by atoms with Gasteiger partial charge in [0.15, 0.2) is 0 Å². The summed E-state index contributed by atoms with van der Waals surface area (Å²) in [6, 6.07) is 14.4. The van der Waals surface area contributed by atoms with E-state index in [-0.39, 0.29) is 11.9 Å². The molecular formula is C23H23N3O3. The summed E-state index contributed by atoms with van der Waals surface area (Å²) in [6.45, 7) is 5.98. The molecule has 6 nitrogen and oxygen atoms in total. The summed E-state index contributed by atoms with van der Waals surface area (Å²) in [7, 11) is 1.35. The lowest BCUT2D eigenvalue weighted by Gasteiger charge is -2.13. The van der Waals surface area contributed by atoms with Crippen LogP contribution in [0, 0.1) is 20.8 Å². The lowest BCUT2D eigenvalue weighted by Crippen LogP contribution is -2.15. The van der Waals surface area contributed by atoms with Gasteiger partial charge in [-0.15, -0.1) is 0 Å². The van der Waals surface area contributed by atoms with Gasteiger partial charge in [-0.1, -0.05) is 17.7 Å². The quantitative estimate of drug-likeness (QED) is 0.613. The molecule has 0 bridgehead atoms. The molecule has 2 aromatic carbocycles. The fourth-order valence-corrected chi connectivity index (χ4v) is 3.13. The average Bonchev–Trinajstić information content (AvgIpc) is 2.71. The fraction of sp³-hybridized carbons (Fsp3) is 0.174. The molecule has 6 heteroatoms. The van der Waals surface area contributed by atoms with E-state index in [1.165, 1.54) is 7.11 Å². The van der Waals surface area contributed by atoms with Crippen LogP contribution in [0.3, 0.4) is 0 Å². The third kappa shape index (κ3) is 4.79. The first-order valence-electron chi connectivity index (χ1n) is 9.18. The van der Waals surface area contributed by atoms with Crippen molar-refractivity contribution in [1.29, 1.82) is 0 Å². The Kier molecular flexibility index (Phi) is 5.93. The van der Waals surface area contributed by atoms with Crippen LogP contribution < -0.4 is 10.6 Å². The number of pyridine rings is 1. The number of carbonyl (C=O) groups excluding carboxylic acids is 2. The second kappa shape index (κ2) is 8.56. The summed E-state index contributed by atoms with van der Waals surface area (Å²) in [5.41, 5.74) is 6.34. The number of aromatic nitrogens is 1. The third-order valence-electron chi connectivity index (χ3n) is 4.51. The monoisotopic (exact) mass is 389 g/mol. The number of aryl methyl sites for hydroxylation is 3. The van der Waals surface area contributed by atoms with E-state index in [0.717, 1.165) is 33.8 Å². The van der Waals surface area contributed by atoms with E-state index in [4.69, 9.17) is 0 Å². The van der Waals surface area contributed by atoms with E-state index < -0.39 is 0 Å². The van der Waals surface area contributed by atoms with Crippen molar-refractivity contribution in [2.45, 2.75) is 20.8 Å². The van der Waals surface area contributed by atoms with E-state index in [0.29, 0.717) is 11.3 Å². The van der Waals surface area contributed by atoms with Crippen molar-refractivity contribution in [3.05, 3.63) is 82.7 Å². The van der Waals surface area contributed by atoms with Gasteiger partial charge < -0.3 is 15.4 Å². The lowest BCUT2D eigenvalue weighted by atomic mass is 10.0. The third-order valence-corrected chi connectivity index (χ3v) is 4.51.